The van der Waals surface area contributed by atoms with Gasteiger partial charge in [-0.2, -0.15) is 0 Å². The van der Waals surface area contributed by atoms with Crippen molar-refractivity contribution in [2.45, 2.75) is 71.6 Å². The van der Waals surface area contributed by atoms with E-state index >= 15 is 0 Å². The number of ether oxygens (including phenoxy) is 3. The summed E-state index contributed by atoms with van der Waals surface area (Å²) in [6, 6.07) is 0. The number of hydrogen-bond acceptors (Lipinski definition) is 13. The molecule has 1 saturated heterocycles. The molecule has 1 aliphatic rings. The number of aliphatic hydroxyl groups is 2. The molecule has 17 heteroatoms. The lowest BCUT2D eigenvalue weighted by Gasteiger charge is -2.35. The second-order valence-corrected chi connectivity index (χ2v) is 8.51. The van der Waals surface area contributed by atoms with Gasteiger partial charge in [0, 0.05) is 25.8 Å². The van der Waals surface area contributed by atoms with Crippen LogP contribution in [0.2, 0.25) is 0 Å². The average molecular weight is 639 g/mol. The average Bonchev–Trinajstić information content (AvgIpc) is 3.01. The van der Waals surface area contributed by atoms with E-state index in [4.69, 9.17) is 19.9 Å². The van der Waals surface area contributed by atoms with Crippen molar-refractivity contribution >= 4 is 36.2 Å². The monoisotopic (exact) mass is 638 g/mol. The van der Waals surface area contributed by atoms with Gasteiger partial charge in [-0.15, -0.1) is 0 Å². The number of rotatable bonds is 18. The molecule has 1 rings (SSSR count). The molecule has 4 amide bonds. The van der Waals surface area contributed by atoms with Gasteiger partial charge in [0.05, 0.1) is 45.1 Å². The van der Waals surface area contributed by atoms with Crippen molar-refractivity contribution in [3.63, 3.8) is 0 Å². The molecule has 9 N–H and O–H groups in total. The molecule has 0 spiro atoms. The molecule has 0 bridgehead atoms. The summed E-state index contributed by atoms with van der Waals surface area (Å²) in [7, 11) is 1.50. The molecule has 4 atom stereocenters. The van der Waals surface area contributed by atoms with Crippen LogP contribution in [0.5, 0.6) is 0 Å². The van der Waals surface area contributed by atoms with Crippen LogP contribution in [0.1, 0.15) is 47.0 Å². The smallest absolute Gasteiger partial charge is 0.239 e. The number of amides is 4. The molecule has 258 valence electrons. The van der Waals surface area contributed by atoms with E-state index in [9.17, 15) is 39.0 Å². The van der Waals surface area contributed by atoms with Gasteiger partial charge in [0.25, 0.3) is 0 Å². The second-order valence-electron chi connectivity index (χ2n) is 8.51. The number of nitrogens with two attached hydrogens (primary N) is 2. The van der Waals surface area contributed by atoms with E-state index < -0.39 is 61.3 Å². The predicted molar refractivity (Wildman–Crippen MR) is 161 cm³/mol. The van der Waals surface area contributed by atoms with Gasteiger partial charge in [0.2, 0.25) is 23.6 Å². The Balaban J connectivity index is -0.00000221. The Labute approximate surface area is 259 Å². The molecule has 0 aromatic heterocycles. The van der Waals surface area contributed by atoms with Gasteiger partial charge in [-0.25, -0.2) is 0 Å². The van der Waals surface area contributed by atoms with Gasteiger partial charge in [0.1, 0.15) is 31.8 Å². The lowest BCUT2D eigenvalue weighted by molar-refractivity contribution is -0.263. The summed E-state index contributed by atoms with van der Waals surface area (Å²) in [5.74, 6) is -2.41. The highest BCUT2D eigenvalue weighted by Gasteiger charge is 2.34. The Morgan fingerprint density at radius 3 is 1.91 bits per heavy atom. The first kappa shape index (κ1) is 45.4. The van der Waals surface area contributed by atoms with E-state index in [0.717, 1.165) is 11.4 Å². The summed E-state index contributed by atoms with van der Waals surface area (Å²) >= 11 is 0. The normalized spacial score (nSPS) is 18.3. The lowest BCUT2D eigenvalue weighted by atomic mass is 10.0. The summed E-state index contributed by atoms with van der Waals surface area (Å²) in [5, 5.41) is 26.5. The third kappa shape index (κ3) is 24.4. The predicted octanol–water partition coefficient (Wildman–Crippen LogP) is -3.20. The highest BCUT2D eigenvalue weighted by molar-refractivity contribution is 5.91. The topological polar surface area (TPSA) is 262 Å². The van der Waals surface area contributed by atoms with Crippen LogP contribution in [0, 0.1) is 0 Å². The maximum absolute atomic E-state index is 12.5. The van der Waals surface area contributed by atoms with Crippen molar-refractivity contribution in [3.8, 4) is 0 Å². The summed E-state index contributed by atoms with van der Waals surface area (Å²) in [5.41, 5.74) is 9.35. The highest BCUT2D eigenvalue weighted by Crippen LogP contribution is 2.20. The van der Waals surface area contributed by atoms with E-state index in [1.165, 1.54) is 7.05 Å². The van der Waals surface area contributed by atoms with Crippen LogP contribution in [-0.2, 0) is 43.0 Å². The molecular formula is C27H54N6O11. The minimum absolute atomic E-state index is 0.129. The zero-order chi connectivity index (χ0) is 34.3. The Kier molecular flexibility index (Phi) is 32.3. The van der Waals surface area contributed by atoms with Crippen molar-refractivity contribution in [1.29, 1.82) is 0 Å². The van der Waals surface area contributed by atoms with Crippen LogP contribution < -0.4 is 27.4 Å². The summed E-state index contributed by atoms with van der Waals surface area (Å²) < 4.78 is 16.1. The first-order chi connectivity index (χ1) is 21.1. The van der Waals surface area contributed by atoms with Crippen LogP contribution in [0.3, 0.4) is 0 Å². The van der Waals surface area contributed by atoms with E-state index in [0.29, 0.717) is 12.6 Å². The van der Waals surface area contributed by atoms with Gasteiger partial charge in [-0.1, -0.05) is 20.8 Å². The van der Waals surface area contributed by atoms with E-state index in [1.54, 1.807) is 6.92 Å². The fourth-order valence-corrected chi connectivity index (χ4v) is 3.15. The van der Waals surface area contributed by atoms with Crippen LogP contribution in [0.15, 0.2) is 0 Å². The third-order valence-corrected chi connectivity index (χ3v) is 5.12. The highest BCUT2D eigenvalue weighted by atomic mass is 16.7. The summed E-state index contributed by atoms with van der Waals surface area (Å²) in [6.07, 6.45) is -2.42. The van der Waals surface area contributed by atoms with Gasteiger partial charge in [-0.3, -0.25) is 19.2 Å². The standard InChI is InChI=1S/C22H36N4O11.C2H7N.C2H6.CH5N/c1-15-16(29)12-17(30)22(37-15)36-11-10-35-9-6-25-18(31)2-3-21(34)26(13-19(32)23-4-7-27)14-20(33)24-5-8-28;1-2-3;2*1-2/h7-8,15-17,22,29-30H,2-6,9-14H2,1H3,(H,23,32)(H,24,33)(H,25,31);2-3H2,1H3;1-2H3;2H2,1H3/t15-,16?,17+,22?;;;/m0.../s1. The Morgan fingerprint density at radius 2 is 1.41 bits per heavy atom. The number of carbonyl (C=O) groups excluding carboxylic acids is 6. The van der Waals surface area contributed by atoms with E-state index in [2.05, 4.69) is 21.7 Å². The number of nitrogens with zero attached hydrogens (tertiary/aromatic N) is 1. The van der Waals surface area contributed by atoms with Crippen LogP contribution in [-0.4, -0.2) is 142 Å². The van der Waals surface area contributed by atoms with Crippen molar-refractivity contribution in [3.05, 3.63) is 0 Å². The first-order valence-electron chi connectivity index (χ1n) is 14.5. The Bertz CT molecular complexity index is 765. The number of nitrogens with one attached hydrogen (secondary N) is 3. The molecule has 0 aromatic carbocycles. The minimum Gasteiger partial charge on any atom is -0.390 e. The molecule has 1 aliphatic heterocycles. The van der Waals surface area contributed by atoms with Gasteiger partial charge >= 0.3 is 0 Å². The van der Waals surface area contributed by atoms with Crippen molar-refractivity contribution < 1.29 is 53.2 Å². The number of aliphatic hydroxyl groups excluding tert-OH is 2. The molecule has 2 unspecified atom stereocenters. The Morgan fingerprint density at radius 1 is 0.886 bits per heavy atom. The summed E-state index contributed by atoms with van der Waals surface area (Å²) in [4.78, 5) is 69.9. The maximum Gasteiger partial charge on any atom is 0.239 e. The fourth-order valence-electron chi connectivity index (χ4n) is 3.15. The maximum atomic E-state index is 12.5. The molecule has 0 radical (unpaired) electrons. The molecule has 0 aliphatic carbocycles. The first-order valence-corrected chi connectivity index (χ1v) is 14.5. The molecule has 1 fully saturated rings. The van der Waals surface area contributed by atoms with Crippen molar-refractivity contribution in [2.75, 3.05) is 66.1 Å². The second kappa shape index (κ2) is 31.4. The van der Waals surface area contributed by atoms with E-state index in [1.807, 2.05) is 20.8 Å². The molecule has 17 nitrogen and oxygen atoms in total. The minimum atomic E-state index is -0.944. The van der Waals surface area contributed by atoms with Gasteiger partial charge in [-0.05, 0) is 20.5 Å². The number of hydrogen-bond donors (Lipinski definition) is 7. The van der Waals surface area contributed by atoms with Gasteiger partial charge in [0.15, 0.2) is 6.29 Å². The fraction of sp³-hybridized carbons (Fsp3) is 0.778. The molecule has 0 saturated carbocycles. The largest absolute Gasteiger partial charge is 0.390 e. The number of carbonyl (C=O) groups is 6. The number of aldehydes is 2. The van der Waals surface area contributed by atoms with Gasteiger partial charge < -0.3 is 66.3 Å². The Hall–Kier alpha value is -3.06. The van der Waals surface area contributed by atoms with Crippen LogP contribution in [0.25, 0.3) is 0 Å². The van der Waals surface area contributed by atoms with Crippen molar-refractivity contribution in [2.24, 2.45) is 11.5 Å². The van der Waals surface area contributed by atoms with E-state index in [-0.39, 0.29) is 58.7 Å². The lowest BCUT2D eigenvalue weighted by Crippen LogP contribution is -2.47. The zero-order valence-electron chi connectivity index (χ0n) is 26.6. The van der Waals surface area contributed by atoms with Crippen LogP contribution in [0.4, 0.5) is 0 Å². The molecule has 44 heavy (non-hydrogen) atoms. The quantitative estimate of drug-likeness (QED) is 0.0577. The molecule has 1 heterocycles. The summed E-state index contributed by atoms with van der Waals surface area (Å²) in [6.45, 7) is 7.44. The third-order valence-electron chi connectivity index (χ3n) is 5.12. The molecule has 0 aromatic rings. The SMILES string of the molecule is CC.CCN.CN.C[C@@H]1OC(OCCOCCNC(=O)CCC(=O)N(CC(=O)NCC=O)CC(=O)NCC=O)[C@H](O)CC1O. The van der Waals surface area contributed by atoms with Crippen molar-refractivity contribution in [1.82, 2.24) is 20.9 Å². The molecular weight excluding hydrogens is 584 g/mol. The zero-order valence-corrected chi connectivity index (χ0v) is 26.6. The van der Waals surface area contributed by atoms with Crippen LogP contribution >= 0.6 is 0 Å².